The summed E-state index contributed by atoms with van der Waals surface area (Å²) in [5, 5.41) is 7.77. The van der Waals surface area contributed by atoms with Crippen molar-refractivity contribution in [3.05, 3.63) is 54.1 Å². The Labute approximate surface area is 187 Å². The molecule has 3 fully saturated rings. The molecule has 7 nitrogen and oxygen atoms in total. The van der Waals surface area contributed by atoms with Gasteiger partial charge in [0.2, 0.25) is 5.91 Å². The lowest BCUT2D eigenvalue weighted by atomic mass is 9.80. The van der Waals surface area contributed by atoms with Gasteiger partial charge in [-0.1, -0.05) is 19.1 Å². The lowest BCUT2D eigenvalue weighted by Crippen LogP contribution is -2.81. The Bertz CT molecular complexity index is 985. The molecule has 5 rings (SSSR count). The molecule has 1 aromatic heterocycles. The van der Waals surface area contributed by atoms with E-state index in [1.54, 1.807) is 29.4 Å². The number of rotatable bonds is 4. The van der Waals surface area contributed by atoms with Crippen LogP contribution >= 0.6 is 0 Å². The summed E-state index contributed by atoms with van der Waals surface area (Å²) in [6, 6.07) is 8.13. The van der Waals surface area contributed by atoms with Gasteiger partial charge in [0.05, 0.1) is 31.2 Å². The molecule has 0 unspecified atom stereocenters. The van der Waals surface area contributed by atoms with Crippen LogP contribution in [0, 0.1) is 11.7 Å². The van der Waals surface area contributed by atoms with E-state index in [2.05, 4.69) is 22.0 Å². The molecule has 0 bridgehead atoms. The third-order valence-corrected chi connectivity index (χ3v) is 7.30. The number of carbonyl (C=O) groups excluding carboxylic acids is 2. The minimum Gasteiger partial charge on any atom is -0.364 e. The van der Waals surface area contributed by atoms with Crippen LogP contribution in [0.2, 0.25) is 0 Å². The molecule has 1 spiro atoms. The predicted molar refractivity (Wildman–Crippen MR) is 117 cm³/mol. The summed E-state index contributed by atoms with van der Waals surface area (Å²) in [6.07, 6.45) is 7.37. The molecule has 32 heavy (non-hydrogen) atoms. The topological polar surface area (TPSA) is 69.6 Å². The first kappa shape index (κ1) is 20.8. The normalized spacial score (nSPS) is 25.2. The SMILES string of the molecule is CC1CCC(N2CC(=O)N(Cc3ccc(F)cc3)C3(CN(c4ccnnc4)C3)C2=O)CC1. The molecule has 2 saturated heterocycles. The standard InChI is InChI=1S/C24H28FN5O2/c1-17-2-8-20(9-3-17)29-14-22(31)30(13-18-4-6-19(25)7-5-18)24(23(29)32)15-28(16-24)21-10-11-26-27-12-21/h4-7,10-12,17,20H,2-3,8-9,13-16H2,1H3. The van der Waals surface area contributed by atoms with Crippen molar-refractivity contribution in [3.8, 4) is 0 Å². The second-order valence-corrected chi connectivity index (χ2v) is 9.44. The summed E-state index contributed by atoms with van der Waals surface area (Å²) in [7, 11) is 0. The number of carbonyl (C=O) groups is 2. The van der Waals surface area contributed by atoms with Gasteiger partial charge >= 0.3 is 0 Å². The largest absolute Gasteiger partial charge is 0.364 e. The van der Waals surface area contributed by atoms with E-state index >= 15 is 0 Å². The van der Waals surface area contributed by atoms with Gasteiger partial charge in [-0.2, -0.15) is 10.2 Å². The van der Waals surface area contributed by atoms with Gasteiger partial charge in [0.15, 0.2) is 5.54 Å². The highest BCUT2D eigenvalue weighted by atomic mass is 19.1. The van der Waals surface area contributed by atoms with Gasteiger partial charge in [-0.05, 0) is 55.4 Å². The Morgan fingerprint density at radius 3 is 2.41 bits per heavy atom. The highest BCUT2D eigenvalue weighted by molar-refractivity contribution is 6.00. The molecule has 0 atom stereocenters. The third kappa shape index (κ3) is 3.61. The maximum absolute atomic E-state index is 13.9. The van der Waals surface area contributed by atoms with Gasteiger partial charge in [0, 0.05) is 12.6 Å². The predicted octanol–water partition coefficient (Wildman–Crippen LogP) is 2.62. The summed E-state index contributed by atoms with van der Waals surface area (Å²) in [5.41, 5.74) is 0.794. The molecule has 0 radical (unpaired) electrons. The second-order valence-electron chi connectivity index (χ2n) is 9.44. The zero-order chi connectivity index (χ0) is 22.3. The first-order valence-electron chi connectivity index (χ1n) is 11.3. The summed E-state index contributed by atoms with van der Waals surface area (Å²) in [5.74, 6) is 0.350. The number of piperazine rings is 1. The van der Waals surface area contributed by atoms with Crippen molar-refractivity contribution < 1.29 is 14.0 Å². The van der Waals surface area contributed by atoms with Crippen LogP contribution in [0.3, 0.4) is 0 Å². The Morgan fingerprint density at radius 1 is 1.03 bits per heavy atom. The number of amides is 2. The summed E-state index contributed by atoms with van der Waals surface area (Å²) in [6.45, 7) is 3.51. The Morgan fingerprint density at radius 2 is 1.75 bits per heavy atom. The summed E-state index contributed by atoms with van der Waals surface area (Å²) < 4.78 is 13.4. The third-order valence-electron chi connectivity index (χ3n) is 7.30. The fourth-order valence-corrected chi connectivity index (χ4v) is 5.33. The number of hydrogen-bond donors (Lipinski definition) is 0. The van der Waals surface area contributed by atoms with Crippen molar-refractivity contribution in [1.29, 1.82) is 0 Å². The summed E-state index contributed by atoms with van der Waals surface area (Å²) in [4.78, 5) is 32.9. The number of halogens is 1. The van der Waals surface area contributed by atoms with Crippen molar-refractivity contribution in [2.45, 2.75) is 50.7 Å². The van der Waals surface area contributed by atoms with Crippen molar-refractivity contribution in [2.75, 3.05) is 24.5 Å². The zero-order valence-corrected chi connectivity index (χ0v) is 18.3. The minimum atomic E-state index is -0.907. The fourth-order valence-electron chi connectivity index (χ4n) is 5.33. The number of nitrogens with zero attached hydrogens (tertiary/aromatic N) is 5. The van der Waals surface area contributed by atoms with E-state index in [0.717, 1.165) is 36.9 Å². The fraction of sp³-hybridized carbons (Fsp3) is 0.500. The Balaban J connectivity index is 1.43. The first-order valence-corrected chi connectivity index (χ1v) is 11.3. The average molecular weight is 438 g/mol. The van der Waals surface area contributed by atoms with Crippen molar-refractivity contribution >= 4 is 17.5 Å². The molecule has 0 N–H and O–H groups in total. The Kier molecular flexibility index (Phi) is 5.31. The van der Waals surface area contributed by atoms with Crippen LogP contribution in [0.5, 0.6) is 0 Å². The molecular formula is C24H28FN5O2. The highest BCUT2D eigenvalue weighted by Gasteiger charge is 2.60. The number of anilines is 1. The van der Waals surface area contributed by atoms with Crippen molar-refractivity contribution in [2.24, 2.45) is 5.92 Å². The van der Waals surface area contributed by atoms with Gasteiger partial charge < -0.3 is 14.7 Å². The molecule has 168 valence electrons. The quantitative estimate of drug-likeness (QED) is 0.736. The molecule has 3 aliphatic rings. The van der Waals surface area contributed by atoms with E-state index in [0.29, 0.717) is 25.6 Å². The van der Waals surface area contributed by atoms with Crippen LogP contribution in [-0.2, 0) is 16.1 Å². The minimum absolute atomic E-state index is 0.0389. The van der Waals surface area contributed by atoms with E-state index in [9.17, 15) is 14.0 Å². The highest BCUT2D eigenvalue weighted by Crippen LogP contribution is 2.39. The van der Waals surface area contributed by atoms with Crippen molar-refractivity contribution in [1.82, 2.24) is 20.0 Å². The van der Waals surface area contributed by atoms with Gasteiger partial charge in [-0.15, -0.1) is 0 Å². The van der Waals surface area contributed by atoms with Crippen LogP contribution in [0.1, 0.15) is 38.2 Å². The molecule has 2 amide bonds. The monoisotopic (exact) mass is 437 g/mol. The van der Waals surface area contributed by atoms with Crippen LogP contribution in [-0.4, -0.2) is 63.0 Å². The molecule has 8 heteroatoms. The number of hydrogen-bond acceptors (Lipinski definition) is 5. The molecular weight excluding hydrogens is 409 g/mol. The van der Waals surface area contributed by atoms with Crippen LogP contribution in [0.15, 0.2) is 42.7 Å². The van der Waals surface area contributed by atoms with Crippen LogP contribution in [0.25, 0.3) is 0 Å². The van der Waals surface area contributed by atoms with Gasteiger partial charge in [-0.3, -0.25) is 9.59 Å². The summed E-state index contributed by atoms with van der Waals surface area (Å²) >= 11 is 0. The van der Waals surface area contributed by atoms with E-state index in [4.69, 9.17) is 0 Å². The van der Waals surface area contributed by atoms with E-state index in [1.807, 2.05) is 11.0 Å². The maximum Gasteiger partial charge on any atom is 0.252 e. The first-order chi connectivity index (χ1) is 15.5. The van der Waals surface area contributed by atoms with E-state index < -0.39 is 5.54 Å². The Hall–Kier alpha value is -3.03. The van der Waals surface area contributed by atoms with Gasteiger partial charge in [0.1, 0.15) is 12.4 Å². The molecule has 1 aliphatic carbocycles. The lowest BCUT2D eigenvalue weighted by molar-refractivity contribution is -0.171. The second kappa shape index (κ2) is 8.15. The molecule has 2 aliphatic heterocycles. The molecule has 2 aromatic rings. The van der Waals surface area contributed by atoms with E-state index in [-0.39, 0.29) is 30.2 Å². The number of aromatic nitrogens is 2. The van der Waals surface area contributed by atoms with Crippen molar-refractivity contribution in [3.63, 3.8) is 0 Å². The molecule has 1 saturated carbocycles. The smallest absolute Gasteiger partial charge is 0.252 e. The zero-order valence-electron chi connectivity index (χ0n) is 18.3. The molecule has 1 aromatic carbocycles. The van der Waals surface area contributed by atoms with Gasteiger partial charge in [-0.25, -0.2) is 4.39 Å². The van der Waals surface area contributed by atoms with Crippen LogP contribution < -0.4 is 4.90 Å². The maximum atomic E-state index is 13.9. The average Bonchev–Trinajstić information content (AvgIpc) is 2.78. The van der Waals surface area contributed by atoms with Gasteiger partial charge in [0.25, 0.3) is 5.91 Å². The molecule has 3 heterocycles. The van der Waals surface area contributed by atoms with Crippen LogP contribution in [0.4, 0.5) is 10.1 Å². The van der Waals surface area contributed by atoms with E-state index in [1.165, 1.54) is 12.1 Å². The lowest BCUT2D eigenvalue weighted by Gasteiger charge is -2.59. The number of benzene rings is 1.